The number of methoxy groups -OCH3 is 1. The molecule has 80 valence electrons. The van der Waals surface area contributed by atoms with Gasteiger partial charge in [0.25, 0.3) is 0 Å². The molecule has 1 atom stereocenters. The van der Waals surface area contributed by atoms with Crippen LogP contribution in [0.3, 0.4) is 0 Å². The number of carbonyl (C=O) groups excluding carboxylic acids is 1. The van der Waals surface area contributed by atoms with E-state index in [9.17, 15) is 4.79 Å². The molecule has 1 aliphatic heterocycles. The lowest BCUT2D eigenvalue weighted by Crippen LogP contribution is -2.26. The van der Waals surface area contributed by atoms with Crippen LogP contribution in [0.4, 0.5) is 5.82 Å². The van der Waals surface area contributed by atoms with Crippen molar-refractivity contribution in [2.24, 2.45) is 0 Å². The molecule has 0 saturated carbocycles. The Labute approximate surface area is 92.8 Å². The van der Waals surface area contributed by atoms with Gasteiger partial charge in [0.15, 0.2) is 11.6 Å². The molecular weight excluding hydrogens is 216 g/mol. The number of alkyl halides is 1. The fraction of sp³-hybridized carbons (Fsp3) is 0.400. The van der Waals surface area contributed by atoms with E-state index in [0.29, 0.717) is 24.5 Å². The fourth-order valence-corrected chi connectivity index (χ4v) is 1.88. The molecule has 1 aromatic heterocycles. The molecule has 0 bridgehead atoms. The number of pyridine rings is 1. The predicted octanol–water partition coefficient (Wildman–Crippen LogP) is 1.43. The Balaban J connectivity index is 2.33. The molecule has 5 heteroatoms. The standard InChI is InChI=1S/C10H11ClN2O2/c1-15-8-3-2-4-12-10(8)13-6-7(11)5-9(13)14/h2-4,7H,5-6H2,1H3. The third kappa shape index (κ3) is 1.90. The van der Waals surface area contributed by atoms with Gasteiger partial charge in [0.05, 0.1) is 12.5 Å². The first-order chi connectivity index (χ1) is 7.22. The van der Waals surface area contributed by atoms with Crippen LogP contribution in [0.1, 0.15) is 6.42 Å². The monoisotopic (exact) mass is 226 g/mol. The van der Waals surface area contributed by atoms with Crippen molar-refractivity contribution in [1.29, 1.82) is 0 Å². The number of halogens is 1. The van der Waals surface area contributed by atoms with Gasteiger partial charge in [0, 0.05) is 19.2 Å². The second-order valence-corrected chi connectivity index (χ2v) is 3.95. The number of carbonyl (C=O) groups is 1. The van der Waals surface area contributed by atoms with Gasteiger partial charge in [-0.3, -0.25) is 9.69 Å². The van der Waals surface area contributed by atoms with E-state index in [1.165, 1.54) is 0 Å². The van der Waals surface area contributed by atoms with Crippen molar-refractivity contribution < 1.29 is 9.53 Å². The molecule has 4 nitrogen and oxygen atoms in total. The summed E-state index contributed by atoms with van der Waals surface area (Å²) in [6.07, 6.45) is 1.99. The summed E-state index contributed by atoms with van der Waals surface area (Å²) >= 11 is 5.92. The average molecular weight is 227 g/mol. The van der Waals surface area contributed by atoms with E-state index in [1.807, 2.05) is 0 Å². The van der Waals surface area contributed by atoms with E-state index in [0.717, 1.165) is 0 Å². The molecule has 1 aliphatic rings. The molecule has 1 aromatic rings. The molecule has 2 heterocycles. The Bertz CT molecular complexity index is 383. The number of nitrogens with zero attached hydrogens (tertiary/aromatic N) is 2. The zero-order valence-electron chi connectivity index (χ0n) is 8.31. The zero-order valence-corrected chi connectivity index (χ0v) is 9.07. The van der Waals surface area contributed by atoms with Gasteiger partial charge < -0.3 is 4.74 Å². The molecular formula is C10H11ClN2O2. The molecule has 0 aliphatic carbocycles. The summed E-state index contributed by atoms with van der Waals surface area (Å²) in [4.78, 5) is 17.3. The summed E-state index contributed by atoms with van der Waals surface area (Å²) in [7, 11) is 1.55. The van der Waals surface area contributed by atoms with E-state index in [4.69, 9.17) is 16.3 Å². The minimum Gasteiger partial charge on any atom is -0.493 e. The van der Waals surface area contributed by atoms with E-state index in [-0.39, 0.29) is 11.3 Å². The molecule has 0 spiro atoms. The van der Waals surface area contributed by atoms with Gasteiger partial charge in [-0.05, 0) is 12.1 Å². The first-order valence-corrected chi connectivity index (χ1v) is 5.09. The summed E-state index contributed by atoms with van der Waals surface area (Å²) < 4.78 is 5.14. The number of amides is 1. The van der Waals surface area contributed by atoms with Crippen molar-refractivity contribution in [3.05, 3.63) is 18.3 Å². The topological polar surface area (TPSA) is 42.4 Å². The Kier molecular flexibility index (Phi) is 2.77. The maximum absolute atomic E-state index is 11.6. The van der Waals surface area contributed by atoms with Crippen LogP contribution in [0.5, 0.6) is 5.75 Å². The van der Waals surface area contributed by atoms with Gasteiger partial charge in [-0.2, -0.15) is 0 Å². The van der Waals surface area contributed by atoms with Crippen molar-refractivity contribution in [3.63, 3.8) is 0 Å². The first kappa shape index (κ1) is 10.2. The van der Waals surface area contributed by atoms with Crippen molar-refractivity contribution in [1.82, 2.24) is 4.98 Å². The SMILES string of the molecule is COc1cccnc1N1CC(Cl)CC1=O. The van der Waals surface area contributed by atoms with Crippen LogP contribution in [-0.2, 0) is 4.79 Å². The third-order valence-electron chi connectivity index (χ3n) is 2.30. The number of aromatic nitrogens is 1. The predicted molar refractivity (Wildman–Crippen MR) is 57.4 cm³/mol. The molecule has 1 fully saturated rings. The van der Waals surface area contributed by atoms with Crippen LogP contribution in [0.25, 0.3) is 0 Å². The highest BCUT2D eigenvalue weighted by atomic mass is 35.5. The summed E-state index contributed by atoms with van der Waals surface area (Å²) in [5, 5.41) is -0.135. The Morgan fingerprint density at radius 3 is 3.07 bits per heavy atom. The summed E-state index contributed by atoms with van der Waals surface area (Å²) in [5.41, 5.74) is 0. The molecule has 1 amide bonds. The fourth-order valence-electron chi connectivity index (χ4n) is 1.61. The Hall–Kier alpha value is -1.29. The highest BCUT2D eigenvalue weighted by Crippen LogP contribution is 2.29. The maximum Gasteiger partial charge on any atom is 0.229 e. The Morgan fingerprint density at radius 1 is 1.67 bits per heavy atom. The highest BCUT2D eigenvalue weighted by molar-refractivity contribution is 6.24. The van der Waals surface area contributed by atoms with Crippen LogP contribution >= 0.6 is 11.6 Å². The van der Waals surface area contributed by atoms with Crippen molar-refractivity contribution in [3.8, 4) is 5.75 Å². The van der Waals surface area contributed by atoms with E-state index >= 15 is 0 Å². The van der Waals surface area contributed by atoms with Crippen molar-refractivity contribution in [2.75, 3.05) is 18.6 Å². The summed E-state index contributed by atoms with van der Waals surface area (Å²) in [6.45, 7) is 0.494. The second kappa shape index (κ2) is 4.06. The minimum absolute atomic E-state index is 0.00741. The van der Waals surface area contributed by atoms with Crippen LogP contribution in [0.2, 0.25) is 0 Å². The van der Waals surface area contributed by atoms with Gasteiger partial charge in [-0.15, -0.1) is 11.6 Å². The normalized spacial score (nSPS) is 20.8. The molecule has 2 rings (SSSR count). The largest absolute Gasteiger partial charge is 0.493 e. The lowest BCUT2D eigenvalue weighted by molar-refractivity contribution is -0.117. The number of anilines is 1. The molecule has 1 saturated heterocycles. The summed E-state index contributed by atoms with van der Waals surface area (Å²) in [5.74, 6) is 1.14. The zero-order chi connectivity index (χ0) is 10.8. The smallest absolute Gasteiger partial charge is 0.229 e. The first-order valence-electron chi connectivity index (χ1n) is 4.66. The number of hydrogen-bond donors (Lipinski definition) is 0. The second-order valence-electron chi connectivity index (χ2n) is 3.34. The van der Waals surface area contributed by atoms with Gasteiger partial charge in [-0.25, -0.2) is 4.98 Å². The lowest BCUT2D eigenvalue weighted by Gasteiger charge is -2.16. The van der Waals surface area contributed by atoms with E-state index in [1.54, 1.807) is 30.3 Å². The minimum atomic E-state index is -0.135. The van der Waals surface area contributed by atoms with E-state index in [2.05, 4.69) is 4.98 Å². The molecule has 0 radical (unpaired) electrons. The van der Waals surface area contributed by atoms with Gasteiger partial charge >= 0.3 is 0 Å². The van der Waals surface area contributed by atoms with Crippen LogP contribution in [0.15, 0.2) is 18.3 Å². The number of hydrogen-bond acceptors (Lipinski definition) is 3. The van der Waals surface area contributed by atoms with Crippen LogP contribution in [0, 0.1) is 0 Å². The van der Waals surface area contributed by atoms with Crippen molar-refractivity contribution in [2.45, 2.75) is 11.8 Å². The van der Waals surface area contributed by atoms with Gasteiger partial charge in [-0.1, -0.05) is 0 Å². The molecule has 15 heavy (non-hydrogen) atoms. The van der Waals surface area contributed by atoms with Gasteiger partial charge in [0.1, 0.15) is 0 Å². The quantitative estimate of drug-likeness (QED) is 0.717. The third-order valence-corrected chi connectivity index (χ3v) is 2.60. The van der Waals surface area contributed by atoms with Gasteiger partial charge in [0.2, 0.25) is 5.91 Å². The molecule has 1 unspecified atom stereocenters. The molecule has 0 N–H and O–H groups in total. The average Bonchev–Trinajstić information content (AvgIpc) is 2.57. The molecule has 0 aromatic carbocycles. The highest BCUT2D eigenvalue weighted by Gasteiger charge is 2.31. The van der Waals surface area contributed by atoms with Crippen LogP contribution in [-0.4, -0.2) is 29.9 Å². The van der Waals surface area contributed by atoms with E-state index < -0.39 is 0 Å². The summed E-state index contributed by atoms with van der Waals surface area (Å²) in [6, 6.07) is 3.54. The Morgan fingerprint density at radius 2 is 2.47 bits per heavy atom. The number of rotatable bonds is 2. The van der Waals surface area contributed by atoms with Crippen LogP contribution < -0.4 is 9.64 Å². The van der Waals surface area contributed by atoms with Crippen molar-refractivity contribution >= 4 is 23.3 Å². The number of ether oxygens (including phenoxy) is 1. The lowest BCUT2D eigenvalue weighted by atomic mass is 10.4. The maximum atomic E-state index is 11.6.